The average molecular weight is 171 g/mol. The van der Waals surface area contributed by atoms with Crippen LogP contribution < -0.4 is 0 Å². The molecule has 0 aliphatic carbocycles. The molecule has 3 heteroatoms. The van der Waals surface area contributed by atoms with Crippen LogP contribution in [0, 0.1) is 5.92 Å². The molecule has 0 rings (SSSR count). The number of carboxylic acid groups (broad SMARTS) is 1. The third kappa shape index (κ3) is 13.3. The molecule has 0 bridgehead atoms. The Morgan fingerprint density at radius 2 is 1.91 bits per heavy atom. The molecule has 0 atom stereocenters. The number of carbonyl (C=O) groups is 1. The third-order valence-electron chi connectivity index (χ3n) is 1.42. The molecular formula is C8H18MgO2. The molecule has 0 aromatic rings. The molecule has 0 saturated carbocycles. The van der Waals surface area contributed by atoms with Gasteiger partial charge in [-0.1, -0.05) is 26.7 Å². The molecule has 1 N–H and O–H groups in total. The molecule has 0 aromatic carbocycles. The van der Waals surface area contributed by atoms with E-state index in [4.69, 9.17) is 5.11 Å². The zero-order chi connectivity index (χ0) is 7.98. The molecular weight excluding hydrogens is 152 g/mol. The summed E-state index contributed by atoms with van der Waals surface area (Å²) in [4.78, 5) is 10.0. The van der Waals surface area contributed by atoms with Gasteiger partial charge in [-0.3, -0.25) is 4.79 Å². The average Bonchev–Trinajstić information content (AvgIpc) is 1.79. The van der Waals surface area contributed by atoms with Crippen LogP contribution in [0.2, 0.25) is 0 Å². The molecule has 0 aromatic heterocycles. The summed E-state index contributed by atoms with van der Waals surface area (Å²) < 4.78 is 0. The molecule has 0 unspecified atom stereocenters. The van der Waals surface area contributed by atoms with Crippen molar-refractivity contribution in [2.24, 2.45) is 5.92 Å². The highest BCUT2D eigenvalue weighted by molar-refractivity contribution is 5.75. The molecule has 0 amide bonds. The van der Waals surface area contributed by atoms with E-state index in [2.05, 4.69) is 13.8 Å². The van der Waals surface area contributed by atoms with Gasteiger partial charge in [-0.05, 0) is 12.3 Å². The number of unbranched alkanes of at least 4 members (excludes halogenated alkanes) is 1. The standard InChI is InChI=1S/C8H16O2.Mg.2H/c1-7(2)5-3-4-6-8(9)10;;;/h7H,3-6H2,1-2H3,(H,9,10);;;. The summed E-state index contributed by atoms with van der Waals surface area (Å²) in [5.41, 5.74) is 0. The molecule has 11 heavy (non-hydrogen) atoms. The maximum absolute atomic E-state index is 10.0. The lowest BCUT2D eigenvalue weighted by Gasteiger charge is -2.01. The third-order valence-corrected chi connectivity index (χ3v) is 1.42. The SMILES string of the molecule is CC(C)CCCCC(=O)O.[MgH2]. The first-order chi connectivity index (χ1) is 4.63. The predicted octanol–water partition coefficient (Wildman–Crippen LogP) is 1.37. The Morgan fingerprint density at radius 3 is 2.27 bits per heavy atom. The molecule has 0 aliphatic heterocycles. The second kappa shape index (κ2) is 8.33. The van der Waals surface area contributed by atoms with Crippen molar-refractivity contribution < 1.29 is 9.90 Å². The Morgan fingerprint density at radius 1 is 1.36 bits per heavy atom. The summed E-state index contributed by atoms with van der Waals surface area (Å²) in [6, 6.07) is 0. The Kier molecular flexibility index (Phi) is 10.5. The number of rotatable bonds is 5. The van der Waals surface area contributed by atoms with Gasteiger partial charge in [-0.2, -0.15) is 0 Å². The molecule has 0 radical (unpaired) electrons. The Hall–Kier alpha value is 0.236. The van der Waals surface area contributed by atoms with Crippen LogP contribution in [-0.4, -0.2) is 34.1 Å². The van der Waals surface area contributed by atoms with E-state index >= 15 is 0 Å². The zero-order valence-corrected chi connectivity index (χ0v) is 6.76. The smallest absolute Gasteiger partial charge is 0.316 e. The van der Waals surface area contributed by atoms with Crippen LogP contribution in [0.1, 0.15) is 39.5 Å². The van der Waals surface area contributed by atoms with Gasteiger partial charge in [-0.15, -0.1) is 0 Å². The van der Waals surface area contributed by atoms with Crippen LogP contribution in [0.4, 0.5) is 0 Å². The minimum absolute atomic E-state index is 0. The van der Waals surface area contributed by atoms with E-state index in [0.29, 0.717) is 12.3 Å². The Balaban J connectivity index is 0. The monoisotopic (exact) mass is 170 g/mol. The molecule has 0 spiro atoms. The number of hydrogen-bond acceptors (Lipinski definition) is 1. The summed E-state index contributed by atoms with van der Waals surface area (Å²) in [6.45, 7) is 4.31. The van der Waals surface area contributed by atoms with Crippen LogP contribution in [0.3, 0.4) is 0 Å². The minimum Gasteiger partial charge on any atom is -0.481 e. The van der Waals surface area contributed by atoms with Crippen molar-refractivity contribution in [3.05, 3.63) is 0 Å². The first-order valence-corrected chi connectivity index (χ1v) is 3.84. The fourth-order valence-corrected chi connectivity index (χ4v) is 0.829. The lowest BCUT2D eigenvalue weighted by Crippen LogP contribution is -1.94. The van der Waals surface area contributed by atoms with E-state index in [0.717, 1.165) is 19.3 Å². The van der Waals surface area contributed by atoms with Gasteiger partial charge < -0.3 is 5.11 Å². The van der Waals surface area contributed by atoms with Crippen LogP contribution in [-0.2, 0) is 4.79 Å². The Labute approximate surface area is 84.5 Å². The quantitative estimate of drug-likeness (QED) is 0.500. The second-order valence-electron chi connectivity index (χ2n) is 3.03. The zero-order valence-electron chi connectivity index (χ0n) is 6.76. The summed E-state index contributed by atoms with van der Waals surface area (Å²) in [7, 11) is 0. The molecule has 64 valence electrons. The lowest BCUT2D eigenvalue weighted by atomic mass is 10.1. The largest absolute Gasteiger partial charge is 0.481 e. The van der Waals surface area contributed by atoms with E-state index in [1.165, 1.54) is 0 Å². The highest BCUT2D eigenvalue weighted by atomic mass is 24.3. The summed E-state index contributed by atoms with van der Waals surface area (Å²) in [5.74, 6) is 0.0255. The Bertz CT molecular complexity index is 102. The van der Waals surface area contributed by atoms with E-state index in [-0.39, 0.29) is 23.1 Å². The van der Waals surface area contributed by atoms with E-state index in [1.54, 1.807) is 0 Å². The fraction of sp³-hybridized carbons (Fsp3) is 0.875. The van der Waals surface area contributed by atoms with Gasteiger partial charge in [0.25, 0.3) is 0 Å². The minimum atomic E-state index is -0.677. The van der Waals surface area contributed by atoms with E-state index in [9.17, 15) is 4.79 Å². The van der Waals surface area contributed by atoms with Crippen LogP contribution >= 0.6 is 0 Å². The van der Waals surface area contributed by atoms with Gasteiger partial charge in [0.2, 0.25) is 0 Å². The van der Waals surface area contributed by atoms with Crippen molar-refractivity contribution in [3.63, 3.8) is 0 Å². The van der Waals surface area contributed by atoms with Crippen molar-refractivity contribution in [1.29, 1.82) is 0 Å². The maximum atomic E-state index is 10.0. The van der Waals surface area contributed by atoms with Crippen LogP contribution in [0.15, 0.2) is 0 Å². The van der Waals surface area contributed by atoms with Crippen LogP contribution in [0.25, 0.3) is 0 Å². The van der Waals surface area contributed by atoms with Crippen molar-refractivity contribution in [2.75, 3.05) is 0 Å². The number of aliphatic carboxylic acids is 1. The van der Waals surface area contributed by atoms with E-state index < -0.39 is 5.97 Å². The fourth-order valence-electron chi connectivity index (χ4n) is 0.829. The van der Waals surface area contributed by atoms with Crippen molar-refractivity contribution >= 4 is 29.0 Å². The number of carboxylic acids is 1. The molecule has 2 nitrogen and oxygen atoms in total. The predicted molar refractivity (Wildman–Crippen MR) is 49.5 cm³/mol. The van der Waals surface area contributed by atoms with Crippen molar-refractivity contribution in [3.8, 4) is 0 Å². The van der Waals surface area contributed by atoms with Crippen LogP contribution in [0.5, 0.6) is 0 Å². The van der Waals surface area contributed by atoms with Gasteiger partial charge in [0.05, 0.1) is 0 Å². The highest BCUT2D eigenvalue weighted by Crippen LogP contribution is 2.07. The first-order valence-electron chi connectivity index (χ1n) is 3.84. The van der Waals surface area contributed by atoms with Gasteiger partial charge in [-0.25, -0.2) is 0 Å². The van der Waals surface area contributed by atoms with Gasteiger partial charge in [0.15, 0.2) is 0 Å². The summed E-state index contributed by atoms with van der Waals surface area (Å²) in [6.07, 6.45) is 3.34. The topological polar surface area (TPSA) is 37.3 Å². The molecule has 0 fully saturated rings. The highest BCUT2D eigenvalue weighted by Gasteiger charge is 1.97. The van der Waals surface area contributed by atoms with Gasteiger partial charge in [0, 0.05) is 6.42 Å². The molecule has 0 aliphatic rings. The van der Waals surface area contributed by atoms with Gasteiger partial charge >= 0.3 is 29.0 Å². The molecule has 0 saturated heterocycles. The number of hydrogen-bond donors (Lipinski definition) is 1. The van der Waals surface area contributed by atoms with Crippen molar-refractivity contribution in [1.82, 2.24) is 0 Å². The first kappa shape index (κ1) is 13.8. The maximum Gasteiger partial charge on any atom is 0.316 e. The second-order valence-corrected chi connectivity index (χ2v) is 3.03. The summed E-state index contributed by atoms with van der Waals surface area (Å²) in [5, 5.41) is 8.28. The summed E-state index contributed by atoms with van der Waals surface area (Å²) >= 11 is 0. The normalized spacial score (nSPS) is 9.36. The molecule has 0 heterocycles. The lowest BCUT2D eigenvalue weighted by molar-refractivity contribution is -0.137. The van der Waals surface area contributed by atoms with Crippen molar-refractivity contribution in [2.45, 2.75) is 39.5 Å². The van der Waals surface area contributed by atoms with E-state index in [1.807, 2.05) is 0 Å². The van der Waals surface area contributed by atoms with Gasteiger partial charge in [0.1, 0.15) is 0 Å².